The Morgan fingerprint density at radius 1 is 1.42 bits per heavy atom. The fourth-order valence-corrected chi connectivity index (χ4v) is 3.86. The van der Waals surface area contributed by atoms with Crippen molar-refractivity contribution in [1.82, 2.24) is 10.2 Å². The Morgan fingerprint density at radius 3 is 2.68 bits per heavy atom. The van der Waals surface area contributed by atoms with Gasteiger partial charge in [0.15, 0.2) is 0 Å². The van der Waals surface area contributed by atoms with Gasteiger partial charge < -0.3 is 20.7 Å². The van der Waals surface area contributed by atoms with Crippen LogP contribution in [0.5, 0.6) is 0 Å². The summed E-state index contributed by atoms with van der Waals surface area (Å²) in [5.74, 6) is 0.583. The molecule has 3 heterocycles. The summed E-state index contributed by atoms with van der Waals surface area (Å²) in [7, 11) is 2.24. The Kier molecular flexibility index (Phi) is 3.53. The van der Waals surface area contributed by atoms with Crippen LogP contribution in [0.15, 0.2) is 0 Å². The highest BCUT2D eigenvalue weighted by atomic mass is 16.5. The van der Waals surface area contributed by atoms with E-state index in [0.29, 0.717) is 25.6 Å². The summed E-state index contributed by atoms with van der Waals surface area (Å²) in [5.41, 5.74) is 5.27. The van der Waals surface area contributed by atoms with Crippen molar-refractivity contribution in [2.24, 2.45) is 11.7 Å². The number of rotatable bonds is 3. The predicted molar refractivity (Wildman–Crippen MR) is 72.7 cm³/mol. The van der Waals surface area contributed by atoms with Crippen LogP contribution in [0.25, 0.3) is 0 Å². The van der Waals surface area contributed by atoms with E-state index in [1.54, 1.807) is 0 Å². The highest BCUT2D eigenvalue weighted by Gasteiger charge is 2.40. The van der Waals surface area contributed by atoms with Crippen molar-refractivity contribution in [1.29, 1.82) is 0 Å². The molecule has 3 aliphatic heterocycles. The minimum atomic E-state index is -0.787. The lowest BCUT2D eigenvalue weighted by Crippen LogP contribution is -2.55. The van der Waals surface area contributed by atoms with Gasteiger partial charge in [-0.3, -0.25) is 4.79 Å². The van der Waals surface area contributed by atoms with Gasteiger partial charge in [-0.2, -0.15) is 0 Å². The number of nitrogens with one attached hydrogen (secondary N) is 1. The van der Waals surface area contributed by atoms with Gasteiger partial charge in [-0.05, 0) is 45.1 Å². The first kappa shape index (κ1) is 13.3. The fraction of sp³-hybridized carbons (Fsp3) is 0.929. The number of ether oxygens (including phenoxy) is 1. The van der Waals surface area contributed by atoms with Crippen molar-refractivity contribution in [2.45, 2.75) is 49.7 Å². The normalized spacial score (nSPS) is 42.5. The van der Waals surface area contributed by atoms with E-state index >= 15 is 0 Å². The average Bonchev–Trinajstić information content (AvgIpc) is 2.89. The Balaban J connectivity index is 1.49. The monoisotopic (exact) mass is 267 g/mol. The first-order chi connectivity index (χ1) is 9.08. The third kappa shape index (κ3) is 2.51. The first-order valence-electron chi connectivity index (χ1n) is 7.45. The molecule has 0 aromatic heterocycles. The zero-order valence-electron chi connectivity index (χ0n) is 11.7. The maximum absolute atomic E-state index is 12.1. The molecule has 108 valence electrons. The van der Waals surface area contributed by atoms with Gasteiger partial charge in [0, 0.05) is 25.2 Å². The number of hydrogen-bond donors (Lipinski definition) is 2. The second-order valence-electron chi connectivity index (χ2n) is 6.56. The molecule has 0 aromatic rings. The van der Waals surface area contributed by atoms with Crippen molar-refractivity contribution in [3.05, 3.63) is 0 Å². The quantitative estimate of drug-likeness (QED) is 0.761. The fourth-order valence-electron chi connectivity index (χ4n) is 3.86. The Morgan fingerprint density at radius 2 is 2.11 bits per heavy atom. The lowest BCUT2D eigenvalue weighted by molar-refractivity contribution is -0.126. The number of amides is 1. The van der Waals surface area contributed by atoms with Crippen LogP contribution in [0.3, 0.4) is 0 Å². The summed E-state index contributed by atoms with van der Waals surface area (Å²) in [6.07, 6.45) is 5.70. The molecular weight excluding hydrogens is 242 g/mol. The highest BCUT2D eigenvalue weighted by Crippen LogP contribution is 2.37. The molecule has 3 aliphatic rings. The van der Waals surface area contributed by atoms with Crippen molar-refractivity contribution < 1.29 is 9.53 Å². The molecule has 0 aliphatic carbocycles. The summed E-state index contributed by atoms with van der Waals surface area (Å²) in [6.45, 7) is 1.73. The number of nitrogens with zero attached hydrogens (tertiary/aromatic N) is 1. The SMILES string of the molecule is CN1C2CCC1CC(CNC(=O)C1(N)CCOC1)C2. The predicted octanol–water partition coefficient (Wildman–Crippen LogP) is 0.0932. The number of carbonyl (C=O) groups excluding carboxylic acids is 1. The molecule has 3 unspecified atom stereocenters. The van der Waals surface area contributed by atoms with E-state index in [0.717, 1.165) is 18.6 Å². The van der Waals surface area contributed by atoms with Crippen LogP contribution in [0.2, 0.25) is 0 Å². The van der Waals surface area contributed by atoms with Gasteiger partial charge in [-0.1, -0.05) is 0 Å². The number of nitrogens with two attached hydrogens (primary N) is 1. The Hall–Kier alpha value is -0.650. The summed E-state index contributed by atoms with van der Waals surface area (Å²) in [4.78, 5) is 14.6. The summed E-state index contributed by atoms with van der Waals surface area (Å²) < 4.78 is 5.24. The van der Waals surface area contributed by atoms with Crippen LogP contribution in [0.4, 0.5) is 0 Å². The molecule has 0 saturated carbocycles. The van der Waals surface area contributed by atoms with E-state index in [9.17, 15) is 4.79 Å². The van der Waals surface area contributed by atoms with Crippen LogP contribution in [0, 0.1) is 5.92 Å². The molecule has 1 amide bonds. The third-order valence-electron chi connectivity index (χ3n) is 5.25. The van der Waals surface area contributed by atoms with Crippen LogP contribution < -0.4 is 11.1 Å². The molecule has 0 spiro atoms. The van der Waals surface area contributed by atoms with Gasteiger partial charge in [0.2, 0.25) is 5.91 Å². The number of hydrogen-bond acceptors (Lipinski definition) is 4. The molecular formula is C14H25N3O2. The van der Waals surface area contributed by atoms with E-state index in [4.69, 9.17) is 10.5 Å². The van der Waals surface area contributed by atoms with Crippen LogP contribution in [0.1, 0.15) is 32.1 Å². The number of piperidine rings is 1. The Bertz CT molecular complexity index is 341. The van der Waals surface area contributed by atoms with E-state index < -0.39 is 5.54 Å². The summed E-state index contributed by atoms with van der Waals surface area (Å²) >= 11 is 0. The number of carbonyl (C=O) groups is 1. The van der Waals surface area contributed by atoms with Crippen LogP contribution >= 0.6 is 0 Å². The lowest BCUT2D eigenvalue weighted by atomic mass is 9.90. The van der Waals surface area contributed by atoms with E-state index in [2.05, 4.69) is 17.3 Å². The standard InChI is InChI=1S/C14H25N3O2/c1-17-11-2-3-12(17)7-10(6-11)8-16-13(18)14(15)4-5-19-9-14/h10-12H,2-9,15H2,1H3,(H,16,18). The topological polar surface area (TPSA) is 67.6 Å². The lowest BCUT2D eigenvalue weighted by Gasteiger charge is -2.36. The van der Waals surface area contributed by atoms with Crippen molar-refractivity contribution in [3.63, 3.8) is 0 Å². The zero-order valence-corrected chi connectivity index (χ0v) is 11.7. The third-order valence-corrected chi connectivity index (χ3v) is 5.25. The van der Waals surface area contributed by atoms with E-state index in [1.165, 1.54) is 25.7 Å². The largest absolute Gasteiger partial charge is 0.379 e. The van der Waals surface area contributed by atoms with Gasteiger partial charge in [0.25, 0.3) is 0 Å². The summed E-state index contributed by atoms with van der Waals surface area (Å²) in [6, 6.07) is 1.45. The molecule has 3 fully saturated rings. The summed E-state index contributed by atoms with van der Waals surface area (Å²) in [5, 5.41) is 3.06. The molecule has 2 bridgehead atoms. The van der Waals surface area contributed by atoms with Crippen LogP contribution in [-0.4, -0.2) is 55.2 Å². The molecule has 3 rings (SSSR count). The van der Waals surface area contributed by atoms with Gasteiger partial charge in [-0.25, -0.2) is 0 Å². The zero-order chi connectivity index (χ0) is 13.5. The second kappa shape index (κ2) is 5.04. The van der Waals surface area contributed by atoms with Gasteiger partial charge in [0.1, 0.15) is 5.54 Å². The minimum absolute atomic E-state index is 0.0312. The molecule has 3 N–H and O–H groups in total. The number of fused-ring (bicyclic) bond motifs is 2. The average molecular weight is 267 g/mol. The van der Waals surface area contributed by atoms with Crippen molar-refractivity contribution in [2.75, 3.05) is 26.8 Å². The van der Waals surface area contributed by atoms with E-state index in [1.807, 2.05) is 0 Å². The molecule has 5 nitrogen and oxygen atoms in total. The molecule has 19 heavy (non-hydrogen) atoms. The molecule has 3 atom stereocenters. The highest BCUT2D eigenvalue weighted by molar-refractivity contribution is 5.86. The van der Waals surface area contributed by atoms with Crippen molar-refractivity contribution >= 4 is 5.91 Å². The maximum Gasteiger partial charge on any atom is 0.242 e. The van der Waals surface area contributed by atoms with Crippen molar-refractivity contribution in [3.8, 4) is 0 Å². The molecule has 0 aromatic carbocycles. The Labute approximate surface area is 114 Å². The molecule has 3 saturated heterocycles. The maximum atomic E-state index is 12.1. The molecule has 0 radical (unpaired) electrons. The first-order valence-corrected chi connectivity index (χ1v) is 7.45. The second-order valence-corrected chi connectivity index (χ2v) is 6.56. The molecule has 5 heteroatoms. The van der Waals surface area contributed by atoms with Gasteiger partial charge in [-0.15, -0.1) is 0 Å². The van der Waals surface area contributed by atoms with Gasteiger partial charge >= 0.3 is 0 Å². The smallest absolute Gasteiger partial charge is 0.242 e. The minimum Gasteiger partial charge on any atom is -0.379 e. The van der Waals surface area contributed by atoms with Gasteiger partial charge in [0.05, 0.1) is 6.61 Å². The van der Waals surface area contributed by atoms with Crippen LogP contribution in [-0.2, 0) is 9.53 Å². The van der Waals surface area contributed by atoms with E-state index in [-0.39, 0.29) is 5.91 Å².